The van der Waals surface area contributed by atoms with Gasteiger partial charge in [0.2, 0.25) is 0 Å². The van der Waals surface area contributed by atoms with E-state index in [0.29, 0.717) is 24.3 Å². The molecule has 2 N–H and O–H groups in total. The number of aryl methyl sites for hydroxylation is 1. The van der Waals surface area contributed by atoms with Crippen molar-refractivity contribution in [1.29, 1.82) is 0 Å². The van der Waals surface area contributed by atoms with Crippen LogP contribution >= 0.6 is 23.5 Å². The number of benzene rings is 2. The monoisotopic (exact) mass is 593 g/mol. The minimum absolute atomic E-state index is 0. The van der Waals surface area contributed by atoms with Gasteiger partial charge < -0.3 is 15.2 Å². The number of carbonyl (C=O) groups is 2. The molecule has 41 heavy (non-hydrogen) atoms. The van der Waals surface area contributed by atoms with Gasteiger partial charge in [-0.3, -0.25) is 4.79 Å². The molecule has 1 fully saturated rings. The zero-order valence-corrected chi connectivity index (χ0v) is 26.1. The maximum absolute atomic E-state index is 13.4. The van der Waals surface area contributed by atoms with Crippen molar-refractivity contribution in [3.05, 3.63) is 59.2 Å². The Balaban J connectivity index is 0.00000588. The molecule has 0 aliphatic heterocycles. The van der Waals surface area contributed by atoms with Crippen LogP contribution in [0.1, 0.15) is 86.2 Å². The molecule has 0 saturated heterocycles. The Labute approximate surface area is 267 Å². The molecule has 2 aromatic carbocycles. The number of amides is 1. The summed E-state index contributed by atoms with van der Waals surface area (Å²) in [5.74, 6) is 2.25. The molecule has 0 aromatic heterocycles. The van der Waals surface area contributed by atoms with Crippen LogP contribution in [-0.2, 0) is 16.1 Å². The third-order valence-corrected chi connectivity index (χ3v) is 9.56. The summed E-state index contributed by atoms with van der Waals surface area (Å²) in [4.78, 5) is 25.2. The molecular weight excluding hydrogens is 545 g/mol. The van der Waals surface area contributed by atoms with Gasteiger partial charge in [0.25, 0.3) is 5.91 Å². The Hall–Kier alpha value is -1.36. The average Bonchev–Trinajstić information content (AvgIpc) is 2.96. The standard InChI is InChI=1S/C33H47NO4S2.Li.H/c1-4-5-18-40-23-27(20-25-12-7-6-8-13-25)38-22-26-15-16-29(30(21-26)28-14-10-9-11-24(28)2)32(35)34-31(33(36)37)17-19-39-3;;/h9-11,14-16,21,25,27,31H,4-8,12-13,17-20,22-23H2,1-3H3,(H,34,35)(H,36,37);;. The van der Waals surface area contributed by atoms with E-state index in [9.17, 15) is 14.7 Å². The number of aliphatic carboxylic acids is 1. The van der Waals surface area contributed by atoms with Gasteiger partial charge in [0.15, 0.2) is 0 Å². The molecule has 2 aromatic rings. The molecule has 2 atom stereocenters. The first-order chi connectivity index (χ1) is 19.4. The number of nitrogens with one attached hydrogen (secondary N) is 1. The molecule has 5 nitrogen and oxygen atoms in total. The molecule has 0 radical (unpaired) electrons. The molecule has 0 heterocycles. The molecule has 1 aliphatic rings. The molecule has 0 spiro atoms. The van der Waals surface area contributed by atoms with Gasteiger partial charge in [0.1, 0.15) is 6.04 Å². The maximum atomic E-state index is 13.4. The second-order valence-electron chi connectivity index (χ2n) is 10.9. The van der Waals surface area contributed by atoms with E-state index in [1.54, 1.807) is 11.8 Å². The molecule has 1 aliphatic carbocycles. The SMILES string of the molecule is CCCCSCC(CC1CCCCC1)OCc1ccc(C(=O)NC(CCSC)C(=O)O)c(-c2ccccc2C)c1.[LiH]. The normalized spacial score (nSPS) is 15.1. The van der Waals surface area contributed by atoms with E-state index in [1.165, 1.54) is 50.7 Å². The van der Waals surface area contributed by atoms with Gasteiger partial charge >= 0.3 is 24.8 Å². The number of hydrogen-bond donors (Lipinski definition) is 2. The van der Waals surface area contributed by atoms with E-state index in [4.69, 9.17) is 4.74 Å². The number of rotatable bonds is 17. The second kappa shape index (κ2) is 19.8. The average molecular weight is 594 g/mol. The summed E-state index contributed by atoms with van der Waals surface area (Å²) in [5, 5.41) is 12.4. The van der Waals surface area contributed by atoms with E-state index >= 15 is 0 Å². The molecule has 1 amide bonds. The minimum atomic E-state index is -1.01. The zero-order chi connectivity index (χ0) is 28.7. The van der Waals surface area contributed by atoms with Gasteiger partial charge in [-0.25, -0.2) is 4.79 Å². The Morgan fingerprint density at radius 2 is 1.83 bits per heavy atom. The summed E-state index contributed by atoms with van der Waals surface area (Å²) >= 11 is 3.57. The predicted octanol–water partition coefficient (Wildman–Crippen LogP) is 7.34. The Bertz CT molecular complexity index is 1080. The summed E-state index contributed by atoms with van der Waals surface area (Å²) in [6.45, 7) is 4.77. The van der Waals surface area contributed by atoms with E-state index in [1.807, 2.05) is 61.3 Å². The zero-order valence-electron chi connectivity index (χ0n) is 24.5. The van der Waals surface area contributed by atoms with Crippen molar-refractivity contribution < 1.29 is 19.4 Å². The summed E-state index contributed by atoms with van der Waals surface area (Å²) in [7, 11) is 0. The molecule has 222 valence electrons. The molecule has 0 bridgehead atoms. The van der Waals surface area contributed by atoms with Crippen LogP contribution in [0.5, 0.6) is 0 Å². The number of carboxylic acid groups (broad SMARTS) is 1. The van der Waals surface area contributed by atoms with Gasteiger partial charge in [0.05, 0.1) is 12.7 Å². The van der Waals surface area contributed by atoms with Gasteiger partial charge in [-0.05, 0) is 84.3 Å². The topological polar surface area (TPSA) is 75.6 Å². The number of unbranched alkanes of at least 4 members (excludes halogenated alkanes) is 1. The van der Waals surface area contributed by atoms with E-state index in [-0.39, 0.29) is 30.9 Å². The summed E-state index contributed by atoms with van der Waals surface area (Å²) in [5.41, 5.74) is 4.36. The third-order valence-electron chi connectivity index (χ3n) is 7.73. The van der Waals surface area contributed by atoms with Gasteiger partial charge in [-0.15, -0.1) is 0 Å². The van der Waals surface area contributed by atoms with Crippen molar-refractivity contribution in [1.82, 2.24) is 5.32 Å². The van der Waals surface area contributed by atoms with Gasteiger partial charge in [0, 0.05) is 11.3 Å². The molecule has 3 rings (SSSR count). The van der Waals surface area contributed by atoms with Crippen LogP contribution in [0.4, 0.5) is 0 Å². The van der Waals surface area contributed by atoms with Crippen molar-refractivity contribution in [2.45, 2.75) is 90.4 Å². The van der Waals surface area contributed by atoms with Crippen molar-refractivity contribution >= 4 is 54.3 Å². The van der Waals surface area contributed by atoms with Crippen LogP contribution in [0.3, 0.4) is 0 Å². The van der Waals surface area contributed by atoms with Crippen molar-refractivity contribution in [2.24, 2.45) is 5.92 Å². The van der Waals surface area contributed by atoms with Crippen LogP contribution in [0, 0.1) is 12.8 Å². The first-order valence-corrected chi connectivity index (χ1v) is 17.4. The molecule has 2 unspecified atom stereocenters. The number of carboxylic acids is 1. The van der Waals surface area contributed by atoms with E-state index in [0.717, 1.165) is 40.3 Å². The fourth-order valence-corrected chi connectivity index (χ4v) is 6.99. The van der Waals surface area contributed by atoms with Crippen molar-refractivity contribution in [3.63, 3.8) is 0 Å². The molecular formula is C33H48LiNO4S2. The molecule has 8 heteroatoms. The van der Waals surface area contributed by atoms with Crippen LogP contribution in [0.2, 0.25) is 0 Å². The third kappa shape index (κ3) is 12.0. The summed E-state index contributed by atoms with van der Waals surface area (Å²) < 4.78 is 6.57. The second-order valence-corrected chi connectivity index (χ2v) is 13.1. The molecule has 1 saturated carbocycles. The van der Waals surface area contributed by atoms with Crippen LogP contribution in [-0.4, -0.2) is 71.5 Å². The number of hydrogen-bond acceptors (Lipinski definition) is 5. The number of ether oxygens (including phenoxy) is 1. The Morgan fingerprint density at radius 3 is 2.51 bits per heavy atom. The van der Waals surface area contributed by atoms with Gasteiger partial charge in [-0.2, -0.15) is 23.5 Å². The Morgan fingerprint density at radius 1 is 1.07 bits per heavy atom. The number of carbonyl (C=O) groups excluding carboxylic acids is 1. The fourth-order valence-electron chi connectivity index (χ4n) is 5.36. The fraction of sp³-hybridized carbons (Fsp3) is 0.576. The Kier molecular flexibility index (Phi) is 17.3. The quantitative estimate of drug-likeness (QED) is 0.148. The van der Waals surface area contributed by atoms with Crippen molar-refractivity contribution in [3.8, 4) is 11.1 Å². The van der Waals surface area contributed by atoms with E-state index in [2.05, 4.69) is 18.3 Å². The summed E-state index contributed by atoms with van der Waals surface area (Å²) in [6, 6.07) is 12.9. The van der Waals surface area contributed by atoms with E-state index < -0.39 is 12.0 Å². The first-order valence-electron chi connectivity index (χ1n) is 14.8. The summed E-state index contributed by atoms with van der Waals surface area (Å²) in [6.07, 6.45) is 12.8. The van der Waals surface area contributed by atoms with Crippen LogP contribution < -0.4 is 5.32 Å². The van der Waals surface area contributed by atoms with Crippen molar-refractivity contribution in [2.75, 3.05) is 23.5 Å². The van der Waals surface area contributed by atoms with Crippen LogP contribution in [0.25, 0.3) is 11.1 Å². The van der Waals surface area contributed by atoms with Gasteiger partial charge in [-0.1, -0.05) is 75.8 Å². The van der Waals surface area contributed by atoms with Crippen LogP contribution in [0.15, 0.2) is 42.5 Å². The number of thioether (sulfide) groups is 2. The predicted molar refractivity (Wildman–Crippen MR) is 178 cm³/mol. The first kappa shape index (κ1) is 35.8.